The second kappa shape index (κ2) is 5.73. The normalized spacial score (nSPS) is 10.4. The quantitative estimate of drug-likeness (QED) is 0.572. The van der Waals surface area contributed by atoms with E-state index in [4.69, 9.17) is 10.5 Å². The molecule has 5 heteroatoms. The number of rotatable bonds is 3. The zero-order chi connectivity index (χ0) is 15.5. The highest BCUT2D eigenvalue weighted by molar-refractivity contribution is 5.96. The third kappa shape index (κ3) is 2.69. The summed E-state index contributed by atoms with van der Waals surface area (Å²) >= 11 is 0. The summed E-state index contributed by atoms with van der Waals surface area (Å²) in [5.41, 5.74) is 7.76. The summed E-state index contributed by atoms with van der Waals surface area (Å²) in [6.45, 7) is 0. The van der Waals surface area contributed by atoms with Gasteiger partial charge < -0.3 is 15.8 Å². The van der Waals surface area contributed by atoms with E-state index in [1.54, 1.807) is 24.4 Å². The van der Waals surface area contributed by atoms with Gasteiger partial charge in [0, 0.05) is 23.0 Å². The molecule has 0 aliphatic heterocycles. The number of ether oxygens (including phenoxy) is 1. The molecular weight excluding hydrogens is 278 g/mol. The molecule has 0 bridgehead atoms. The molecule has 0 unspecified atom stereocenters. The standard InChI is InChI=1S/C17H15N3O2/c1-22-17(21)12-3-2-4-14(9-12)20-16-15-10-13(18)6-5-11(15)7-8-19-16/h2-10H,18H2,1H3,(H,19,20). The molecule has 22 heavy (non-hydrogen) atoms. The van der Waals surface area contributed by atoms with Gasteiger partial charge in [0.1, 0.15) is 5.82 Å². The van der Waals surface area contributed by atoms with Gasteiger partial charge in [-0.1, -0.05) is 12.1 Å². The van der Waals surface area contributed by atoms with Gasteiger partial charge in [-0.25, -0.2) is 9.78 Å². The van der Waals surface area contributed by atoms with Crippen LogP contribution in [-0.4, -0.2) is 18.1 Å². The highest BCUT2D eigenvalue weighted by Crippen LogP contribution is 2.26. The fraction of sp³-hybridized carbons (Fsp3) is 0.0588. The van der Waals surface area contributed by atoms with Crippen LogP contribution >= 0.6 is 0 Å². The van der Waals surface area contributed by atoms with Crippen LogP contribution in [0.4, 0.5) is 17.2 Å². The van der Waals surface area contributed by atoms with Crippen LogP contribution in [0.15, 0.2) is 54.7 Å². The minimum Gasteiger partial charge on any atom is -0.465 e. The lowest BCUT2D eigenvalue weighted by Crippen LogP contribution is -2.02. The number of esters is 1. The summed E-state index contributed by atoms with van der Waals surface area (Å²) in [6.07, 6.45) is 1.73. The molecule has 0 atom stereocenters. The molecule has 0 spiro atoms. The molecule has 0 saturated heterocycles. The minimum absolute atomic E-state index is 0.376. The van der Waals surface area contributed by atoms with E-state index in [1.165, 1.54) is 7.11 Å². The van der Waals surface area contributed by atoms with Crippen LogP contribution in [0.25, 0.3) is 10.8 Å². The van der Waals surface area contributed by atoms with Gasteiger partial charge in [0.15, 0.2) is 0 Å². The summed E-state index contributed by atoms with van der Waals surface area (Å²) in [6, 6.07) is 14.7. The second-order valence-electron chi connectivity index (χ2n) is 4.84. The van der Waals surface area contributed by atoms with Crippen molar-refractivity contribution in [1.29, 1.82) is 0 Å². The third-order valence-corrected chi connectivity index (χ3v) is 3.34. The van der Waals surface area contributed by atoms with Crippen LogP contribution in [0.1, 0.15) is 10.4 Å². The molecule has 110 valence electrons. The van der Waals surface area contributed by atoms with Crippen molar-refractivity contribution in [1.82, 2.24) is 4.98 Å². The maximum atomic E-state index is 11.6. The number of nitrogens with zero attached hydrogens (tertiary/aromatic N) is 1. The fourth-order valence-corrected chi connectivity index (χ4v) is 2.26. The lowest BCUT2D eigenvalue weighted by molar-refractivity contribution is 0.0601. The van der Waals surface area contributed by atoms with Gasteiger partial charge in [0.25, 0.3) is 0 Å². The smallest absolute Gasteiger partial charge is 0.337 e. The lowest BCUT2D eigenvalue weighted by atomic mass is 10.1. The zero-order valence-corrected chi connectivity index (χ0v) is 12.0. The van der Waals surface area contributed by atoms with Crippen LogP contribution in [-0.2, 0) is 4.74 Å². The summed E-state index contributed by atoms with van der Waals surface area (Å²) in [4.78, 5) is 15.9. The fourth-order valence-electron chi connectivity index (χ4n) is 2.26. The Bertz CT molecular complexity index is 846. The number of carbonyl (C=O) groups is 1. The first-order valence-corrected chi connectivity index (χ1v) is 6.77. The average Bonchev–Trinajstić information content (AvgIpc) is 2.55. The highest BCUT2D eigenvalue weighted by atomic mass is 16.5. The van der Waals surface area contributed by atoms with Crippen molar-refractivity contribution in [3.63, 3.8) is 0 Å². The molecule has 0 aliphatic rings. The van der Waals surface area contributed by atoms with E-state index in [9.17, 15) is 4.79 Å². The maximum absolute atomic E-state index is 11.6. The van der Waals surface area contributed by atoms with E-state index in [0.717, 1.165) is 16.5 Å². The van der Waals surface area contributed by atoms with E-state index in [0.29, 0.717) is 17.1 Å². The van der Waals surface area contributed by atoms with E-state index in [-0.39, 0.29) is 5.97 Å². The van der Waals surface area contributed by atoms with Crippen LogP contribution in [0.3, 0.4) is 0 Å². The van der Waals surface area contributed by atoms with Crippen LogP contribution < -0.4 is 11.1 Å². The molecule has 3 aromatic rings. The summed E-state index contributed by atoms with van der Waals surface area (Å²) in [7, 11) is 1.36. The van der Waals surface area contributed by atoms with Gasteiger partial charge in [-0.15, -0.1) is 0 Å². The first-order chi connectivity index (χ1) is 10.7. The Labute approximate surface area is 127 Å². The number of nitrogens with one attached hydrogen (secondary N) is 1. The third-order valence-electron chi connectivity index (χ3n) is 3.34. The molecule has 3 rings (SSSR count). The topological polar surface area (TPSA) is 77.2 Å². The number of benzene rings is 2. The van der Waals surface area contributed by atoms with Gasteiger partial charge in [-0.05, 0) is 41.8 Å². The van der Waals surface area contributed by atoms with Crippen molar-refractivity contribution in [3.8, 4) is 0 Å². The highest BCUT2D eigenvalue weighted by Gasteiger charge is 2.07. The summed E-state index contributed by atoms with van der Waals surface area (Å²) in [5.74, 6) is 0.311. The van der Waals surface area contributed by atoms with Gasteiger partial charge in [0.2, 0.25) is 0 Å². The Morgan fingerprint density at radius 1 is 1.18 bits per heavy atom. The Morgan fingerprint density at radius 2 is 2.05 bits per heavy atom. The van der Waals surface area contributed by atoms with Gasteiger partial charge in [0.05, 0.1) is 12.7 Å². The number of hydrogen-bond acceptors (Lipinski definition) is 5. The minimum atomic E-state index is -0.376. The van der Waals surface area contributed by atoms with E-state index >= 15 is 0 Å². The van der Waals surface area contributed by atoms with Gasteiger partial charge >= 0.3 is 5.97 Å². The SMILES string of the molecule is COC(=O)c1cccc(Nc2nccc3ccc(N)cc23)c1. The number of hydrogen-bond donors (Lipinski definition) is 2. The first kappa shape index (κ1) is 13.9. The predicted molar refractivity (Wildman–Crippen MR) is 87.2 cm³/mol. The maximum Gasteiger partial charge on any atom is 0.337 e. The van der Waals surface area contributed by atoms with Crippen molar-refractivity contribution in [2.75, 3.05) is 18.2 Å². The number of aromatic nitrogens is 1. The monoisotopic (exact) mass is 293 g/mol. The van der Waals surface area contributed by atoms with E-state index < -0.39 is 0 Å². The summed E-state index contributed by atoms with van der Waals surface area (Å²) in [5, 5.41) is 5.18. The molecule has 1 heterocycles. The number of nitrogens with two attached hydrogens (primary N) is 1. The Hall–Kier alpha value is -3.08. The number of pyridine rings is 1. The number of carbonyl (C=O) groups excluding carboxylic acids is 1. The molecule has 0 aliphatic carbocycles. The van der Waals surface area contributed by atoms with Gasteiger partial charge in [-0.3, -0.25) is 0 Å². The molecular formula is C17H15N3O2. The van der Waals surface area contributed by atoms with Crippen molar-refractivity contribution >= 4 is 33.9 Å². The Morgan fingerprint density at radius 3 is 2.86 bits per heavy atom. The molecule has 0 fully saturated rings. The predicted octanol–water partition coefficient (Wildman–Crippen LogP) is 3.35. The molecule has 5 nitrogen and oxygen atoms in total. The molecule has 0 radical (unpaired) electrons. The number of methoxy groups -OCH3 is 1. The second-order valence-corrected chi connectivity index (χ2v) is 4.84. The molecule has 0 amide bonds. The molecule has 3 N–H and O–H groups in total. The summed E-state index contributed by atoms with van der Waals surface area (Å²) < 4.78 is 4.73. The van der Waals surface area contributed by atoms with Crippen molar-refractivity contribution in [2.45, 2.75) is 0 Å². The molecule has 2 aromatic carbocycles. The van der Waals surface area contributed by atoms with Crippen LogP contribution in [0, 0.1) is 0 Å². The van der Waals surface area contributed by atoms with Crippen LogP contribution in [0.5, 0.6) is 0 Å². The van der Waals surface area contributed by atoms with E-state index in [2.05, 4.69) is 10.3 Å². The molecule has 0 saturated carbocycles. The van der Waals surface area contributed by atoms with Crippen molar-refractivity contribution in [2.24, 2.45) is 0 Å². The van der Waals surface area contributed by atoms with Crippen molar-refractivity contribution < 1.29 is 9.53 Å². The Kier molecular flexibility index (Phi) is 3.62. The average molecular weight is 293 g/mol. The van der Waals surface area contributed by atoms with Gasteiger partial charge in [-0.2, -0.15) is 0 Å². The number of nitrogen functional groups attached to an aromatic ring is 1. The number of fused-ring (bicyclic) bond motifs is 1. The van der Waals surface area contributed by atoms with Crippen molar-refractivity contribution in [3.05, 3.63) is 60.3 Å². The first-order valence-electron chi connectivity index (χ1n) is 6.77. The van der Waals surface area contributed by atoms with E-state index in [1.807, 2.05) is 30.3 Å². The van der Waals surface area contributed by atoms with Crippen LogP contribution in [0.2, 0.25) is 0 Å². The largest absolute Gasteiger partial charge is 0.465 e. The molecule has 1 aromatic heterocycles. The Balaban J connectivity index is 2.00. The number of anilines is 3. The zero-order valence-electron chi connectivity index (χ0n) is 12.0. The lowest BCUT2D eigenvalue weighted by Gasteiger charge is -2.10.